The van der Waals surface area contributed by atoms with Crippen molar-refractivity contribution in [2.24, 2.45) is 5.92 Å². The first kappa shape index (κ1) is 46.3. The second-order valence-corrected chi connectivity index (χ2v) is 17.4. The number of carbonyl (C=O) groups excluding carboxylic acids is 3. The molecule has 2 aromatic carbocycles. The number of unbranched alkanes of at least 4 members (excludes halogenated alkanes) is 9. The number of hydrogen-bond donors (Lipinski definition) is 1. The van der Waals surface area contributed by atoms with E-state index >= 15 is 4.79 Å². The maximum atomic E-state index is 15.1. The second-order valence-electron chi connectivity index (χ2n) is 16.2. The fraction of sp³-hybridized carbons (Fsp3) is 0.622. The average molecular weight is 786 g/mol. The van der Waals surface area contributed by atoms with Gasteiger partial charge in [-0.1, -0.05) is 132 Å². The number of rotatable bonds is 23. The number of nitrogens with zero attached hydrogens (tertiary/aromatic N) is 1. The molecule has 306 valence electrons. The van der Waals surface area contributed by atoms with Gasteiger partial charge in [-0.2, -0.15) is 0 Å². The quantitative estimate of drug-likeness (QED) is 0.0681. The molecule has 0 aliphatic carbocycles. The van der Waals surface area contributed by atoms with Crippen molar-refractivity contribution in [1.82, 2.24) is 4.90 Å². The van der Waals surface area contributed by atoms with Gasteiger partial charge in [0, 0.05) is 33.0 Å². The van der Waals surface area contributed by atoms with Crippen LogP contribution in [-0.4, -0.2) is 64.0 Å². The van der Waals surface area contributed by atoms with Crippen molar-refractivity contribution in [3.63, 3.8) is 0 Å². The molecule has 1 fully saturated rings. The standard InChI is InChI=1S/C45H65F2NO6S/c1-8-9-10-14-23-30-43(46,47)31-24-15-12-11-13-22-29-37(44(52,32-33-53-7)40(50)54-42(4,5)6)39(49)48-38(34(2)3)45(55-41(48)51,35-25-18-16-19-26-35)36-27-20-17-21-28-36/h16-21,25-29,34,38,52H,8-15,22-24,30-33H2,1-7H3/t38-,44-/m0/s1. The fourth-order valence-corrected chi connectivity index (χ4v) is 9.03. The van der Waals surface area contributed by atoms with Crippen molar-refractivity contribution in [1.29, 1.82) is 0 Å². The molecular formula is C45H65F2NO6S. The summed E-state index contributed by atoms with van der Waals surface area (Å²) in [4.78, 5) is 44.6. The van der Waals surface area contributed by atoms with Crippen molar-refractivity contribution in [2.75, 3.05) is 13.7 Å². The molecular weight excluding hydrogens is 721 g/mol. The minimum absolute atomic E-state index is 0.0575. The number of benzene rings is 2. The van der Waals surface area contributed by atoms with Gasteiger partial charge in [-0.15, -0.1) is 0 Å². The summed E-state index contributed by atoms with van der Waals surface area (Å²) in [6, 6.07) is 18.6. The minimum atomic E-state index is -2.64. The molecule has 0 saturated carbocycles. The number of methoxy groups -OCH3 is 1. The molecule has 1 N–H and O–H groups in total. The minimum Gasteiger partial charge on any atom is -0.458 e. The monoisotopic (exact) mass is 785 g/mol. The van der Waals surface area contributed by atoms with Gasteiger partial charge in [0.2, 0.25) is 5.92 Å². The molecule has 0 bridgehead atoms. The summed E-state index contributed by atoms with van der Waals surface area (Å²) in [5.41, 5.74) is -1.92. The summed E-state index contributed by atoms with van der Waals surface area (Å²) < 4.78 is 38.9. The van der Waals surface area contributed by atoms with Gasteiger partial charge < -0.3 is 14.6 Å². The molecule has 1 heterocycles. The average Bonchev–Trinajstić information content (AvgIpc) is 3.47. The van der Waals surface area contributed by atoms with E-state index in [0.29, 0.717) is 38.5 Å². The first-order valence-corrected chi connectivity index (χ1v) is 21.1. The zero-order chi connectivity index (χ0) is 40.7. The summed E-state index contributed by atoms with van der Waals surface area (Å²) >= 11 is 1.07. The molecule has 7 nitrogen and oxygen atoms in total. The number of allylic oxidation sites excluding steroid dienone is 1. The molecule has 1 aliphatic heterocycles. The van der Waals surface area contributed by atoms with Crippen LogP contribution in [-0.2, 0) is 23.8 Å². The largest absolute Gasteiger partial charge is 0.458 e. The van der Waals surface area contributed by atoms with E-state index in [0.717, 1.165) is 55.0 Å². The Morgan fingerprint density at radius 1 is 0.855 bits per heavy atom. The van der Waals surface area contributed by atoms with Crippen LogP contribution in [0.5, 0.6) is 0 Å². The molecule has 0 unspecified atom stereocenters. The lowest BCUT2D eigenvalue weighted by Crippen LogP contribution is -2.54. The van der Waals surface area contributed by atoms with E-state index in [1.54, 1.807) is 26.8 Å². The maximum Gasteiger partial charge on any atom is 0.343 e. The van der Waals surface area contributed by atoms with E-state index in [2.05, 4.69) is 6.92 Å². The second kappa shape index (κ2) is 21.4. The molecule has 0 spiro atoms. The highest BCUT2D eigenvalue weighted by Gasteiger charge is 2.60. The zero-order valence-corrected chi connectivity index (χ0v) is 35.0. The Bertz CT molecular complexity index is 1490. The highest BCUT2D eigenvalue weighted by molar-refractivity contribution is 8.15. The third kappa shape index (κ3) is 12.7. The highest BCUT2D eigenvalue weighted by atomic mass is 32.2. The van der Waals surface area contributed by atoms with Gasteiger partial charge in [-0.25, -0.2) is 13.6 Å². The van der Waals surface area contributed by atoms with Gasteiger partial charge in [-0.3, -0.25) is 14.5 Å². The van der Waals surface area contributed by atoms with E-state index in [9.17, 15) is 23.5 Å². The van der Waals surface area contributed by atoms with Gasteiger partial charge in [0.15, 0.2) is 5.60 Å². The zero-order valence-electron chi connectivity index (χ0n) is 34.2. The van der Waals surface area contributed by atoms with E-state index in [-0.39, 0.29) is 37.4 Å². The fourth-order valence-electron chi connectivity index (χ4n) is 7.46. The Hall–Kier alpha value is -3.08. The lowest BCUT2D eigenvalue weighted by atomic mass is 9.78. The Balaban J connectivity index is 1.92. The SMILES string of the molecule is CCCCCCCC(F)(F)CCCCCCCC=C(C(=O)N1C(=O)SC(c2ccccc2)(c2ccccc2)[C@@H]1C(C)C)[C@@](O)(CCOC)C(=O)OC(C)(C)C. The van der Waals surface area contributed by atoms with Crippen LogP contribution in [0.25, 0.3) is 0 Å². The molecule has 2 aromatic rings. The number of thioether (sulfide) groups is 1. The first-order valence-electron chi connectivity index (χ1n) is 20.2. The number of esters is 1. The van der Waals surface area contributed by atoms with Crippen molar-refractivity contribution < 1.29 is 37.7 Å². The van der Waals surface area contributed by atoms with E-state index < -0.39 is 45.0 Å². The van der Waals surface area contributed by atoms with Crippen LogP contribution < -0.4 is 0 Å². The number of halogens is 2. The van der Waals surface area contributed by atoms with Gasteiger partial charge in [0.05, 0.1) is 16.4 Å². The van der Waals surface area contributed by atoms with Crippen molar-refractivity contribution in [2.45, 2.75) is 159 Å². The van der Waals surface area contributed by atoms with Crippen LogP contribution in [0, 0.1) is 5.92 Å². The molecule has 2 atom stereocenters. The molecule has 55 heavy (non-hydrogen) atoms. The van der Waals surface area contributed by atoms with Crippen molar-refractivity contribution in [3.05, 3.63) is 83.4 Å². The topological polar surface area (TPSA) is 93.1 Å². The van der Waals surface area contributed by atoms with Crippen LogP contribution in [0.3, 0.4) is 0 Å². The van der Waals surface area contributed by atoms with Gasteiger partial charge >= 0.3 is 5.97 Å². The molecule has 10 heteroatoms. The molecule has 1 saturated heterocycles. The predicted octanol–water partition coefficient (Wildman–Crippen LogP) is 11.4. The van der Waals surface area contributed by atoms with Crippen LogP contribution in [0.2, 0.25) is 0 Å². The molecule has 2 amide bonds. The maximum absolute atomic E-state index is 15.1. The van der Waals surface area contributed by atoms with E-state index in [1.807, 2.05) is 74.5 Å². The summed E-state index contributed by atoms with van der Waals surface area (Å²) in [6.45, 7) is 11.0. The number of hydrogen-bond acceptors (Lipinski definition) is 7. The number of imide groups is 1. The Kier molecular flexibility index (Phi) is 18.1. The summed E-state index contributed by atoms with van der Waals surface area (Å²) in [5.74, 6) is -4.63. The van der Waals surface area contributed by atoms with Crippen LogP contribution >= 0.6 is 11.8 Å². The van der Waals surface area contributed by atoms with Gasteiger partial charge in [-0.05, 0) is 75.3 Å². The number of aliphatic hydroxyl groups is 1. The molecule has 0 aromatic heterocycles. The predicted molar refractivity (Wildman–Crippen MR) is 218 cm³/mol. The number of amides is 2. The Morgan fingerprint density at radius 2 is 1.36 bits per heavy atom. The third-order valence-electron chi connectivity index (χ3n) is 10.2. The normalized spacial score (nSPS) is 17.4. The molecule has 1 aliphatic rings. The van der Waals surface area contributed by atoms with Crippen LogP contribution in [0.4, 0.5) is 13.6 Å². The van der Waals surface area contributed by atoms with Crippen molar-refractivity contribution in [3.8, 4) is 0 Å². The summed E-state index contributed by atoms with van der Waals surface area (Å²) in [7, 11) is 1.44. The Labute approximate surface area is 333 Å². The lowest BCUT2D eigenvalue weighted by molar-refractivity contribution is -0.176. The number of ether oxygens (including phenoxy) is 2. The smallest absolute Gasteiger partial charge is 0.343 e. The van der Waals surface area contributed by atoms with Crippen LogP contribution in [0.1, 0.15) is 143 Å². The van der Waals surface area contributed by atoms with Gasteiger partial charge in [0.1, 0.15) is 5.60 Å². The number of carbonyl (C=O) groups is 3. The third-order valence-corrected chi connectivity index (χ3v) is 11.6. The van der Waals surface area contributed by atoms with Crippen LogP contribution in [0.15, 0.2) is 72.3 Å². The van der Waals surface area contributed by atoms with Crippen molar-refractivity contribution >= 4 is 28.9 Å². The van der Waals surface area contributed by atoms with Gasteiger partial charge in [0.25, 0.3) is 11.1 Å². The molecule has 3 rings (SSSR count). The number of alkyl halides is 2. The Morgan fingerprint density at radius 3 is 1.85 bits per heavy atom. The summed E-state index contributed by atoms with van der Waals surface area (Å²) in [6.07, 6.45) is 9.14. The highest BCUT2D eigenvalue weighted by Crippen LogP contribution is 2.56. The first-order chi connectivity index (χ1) is 26.0. The molecule has 0 radical (unpaired) electrons. The van der Waals surface area contributed by atoms with E-state index in [4.69, 9.17) is 9.47 Å². The van der Waals surface area contributed by atoms with E-state index in [1.165, 1.54) is 12.0 Å². The lowest BCUT2D eigenvalue weighted by Gasteiger charge is -2.40. The summed E-state index contributed by atoms with van der Waals surface area (Å²) in [5, 5.41) is 11.8.